The smallest absolute Gasteiger partial charge is 0.162 e. The summed E-state index contributed by atoms with van der Waals surface area (Å²) in [6, 6.07) is 9.81. The Morgan fingerprint density at radius 1 is 1.14 bits per heavy atom. The number of carbonyl (C=O) groups excluding carboxylic acids is 1. The maximum Gasteiger partial charge on any atom is 0.162 e. The third-order valence-electron chi connectivity index (χ3n) is 5.14. The van der Waals surface area contributed by atoms with E-state index < -0.39 is 0 Å². The number of nitrogens with one attached hydrogen (secondary N) is 1. The van der Waals surface area contributed by atoms with Gasteiger partial charge in [0, 0.05) is 75.3 Å². The highest BCUT2D eigenvalue weighted by Gasteiger charge is 2.16. The minimum atomic E-state index is 0.132. The molecule has 0 amide bonds. The van der Waals surface area contributed by atoms with E-state index in [0.717, 1.165) is 54.6 Å². The van der Waals surface area contributed by atoms with Gasteiger partial charge in [-0.15, -0.1) is 0 Å². The Labute approximate surface area is 170 Å². The minimum Gasteiger partial charge on any atom is -0.354 e. The molecule has 0 aromatic carbocycles. The molecule has 1 aliphatic heterocycles. The molecule has 29 heavy (non-hydrogen) atoms. The lowest BCUT2D eigenvalue weighted by molar-refractivity contribution is 0.0988. The fraction of sp³-hybridized carbons (Fsp3) is 0.364. The lowest BCUT2D eigenvalue weighted by Gasteiger charge is -2.29. The molecular formula is C22H26N6O. The van der Waals surface area contributed by atoms with Gasteiger partial charge in [-0.2, -0.15) is 5.10 Å². The summed E-state index contributed by atoms with van der Waals surface area (Å²) in [6.07, 6.45) is 4.87. The van der Waals surface area contributed by atoms with Gasteiger partial charge in [0.1, 0.15) is 5.82 Å². The van der Waals surface area contributed by atoms with Gasteiger partial charge in [-0.3, -0.25) is 14.5 Å². The van der Waals surface area contributed by atoms with E-state index in [9.17, 15) is 4.79 Å². The van der Waals surface area contributed by atoms with Crippen molar-refractivity contribution in [1.29, 1.82) is 0 Å². The summed E-state index contributed by atoms with van der Waals surface area (Å²) in [4.78, 5) is 24.1. The molecule has 0 spiro atoms. The molecule has 3 aromatic heterocycles. The number of piperazine rings is 1. The Hall–Kier alpha value is -3.06. The van der Waals surface area contributed by atoms with Crippen LogP contribution in [0.15, 0.2) is 42.7 Å². The molecule has 3 aromatic rings. The van der Waals surface area contributed by atoms with Crippen molar-refractivity contribution in [3.05, 3.63) is 59.7 Å². The van der Waals surface area contributed by atoms with Gasteiger partial charge in [-0.25, -0.2) is 4.98 Å². The van der Waals surface area contributed by atoms with Crippen molar-refractivity contribution in [2.24, 2.45) is 7.05 Å². The molecule has 1 saturated heterocycles. The molecule has 150 valence electrons. The van der Waals surface area contributed by atoms with Crippen molar-refractivity contribution in [1.82, 2.24) is 25.1 Å². The monoisotopic (exact) mass is 390 g/mol. The number of aryl methyl sites for hydroxylation is 1. The van der Waals surface area contributed by atoms with E-state index in [1.165, 1.54) is 0 Å². The first kappa shape index (κ1) is 19.3. The summed E-state index contributed by atoms with van der Waals surface area (Å²) < 4.78 is 1.79. The zero-order valence-corrected chi connectivity index (χ0v) is 16.9. The fourth-order valence-electron chi connectivity index (χ4n) is 3.56. The van der Waals surface area contributed by atoms with Crippen LogP contribution in [-0.2, 0) is 13.5 Å². The van der Waals surface area contributed by atoms with Crippen LogP contribution in [0.5, 0.6) is 0 Å². The number of ketones is 1. The summed E-state index contributed by atoms with van der Waals surface area (Å²) in [5.41, 5.74) is 4.39. The summed E-state index contributed by atoms with van der Waals surface area (Å²) in [5.74, 6) is 0.997. The second-order valence-electron chi connectivity index (χ2n) is 7.31. The number of Topliss-reactive ketones (excluding diaryl/α,β-unsaturated/α-hetero) is 1. The van der Waals surface area contributed by atoms with Crippen molar-refractivity contribution in [2.45, 2.75) is 19.8 Å². The molecule has 0 bridgehead atoms. The summed E-state index contributed by atoms with van der Waals surface area (Å²) >= 11 is 0. The fourth-order valence-corrected chi connectivity index (χ4v) is 3.56. The predicted molar refractivity (Wildman–Crippen MR) is 113 cm³/mol. The van der Waals surface area contributed by atoms with Crippen LogP contribution >= 0.6 is 0 Å². The van der Waals surface area contributed by atoms with Crippen molar-refractivity contribution in [2.75, 3.05) is 31.1 Å². The number of aromatic nitrogens is 4. The Morgan fingerprint density at radius 3 is 2.69 bits per heavy atom. The van der Waals surface area contributed by atoms with Gasteiger partial charge in [0.2, 0.25) is 0 Å². The molecule has 0 atom stereocenters. The molecule has 0 radical (unpaired) electrons. The Kier molecular flexibility index (Phi) is 5.67. The van der Waals surface area contributed by atoms with Gasteiger partial charge >= 0.3 is 0 Å². The van der Waals surface area contributed by atoms with E-state index in [4.69, 9.17) is 4.98 Å². The van der Waals surface area contributed by atoms with Crippen LogP contribution in [0.4, 0.5) is 5.82 Å². The lowest BCUT2D eigenvalue weighted by atomic mass is 10.0. The summed E-state index contributed by atoms with van der Waals surface area (Å²) in [5, 5.41) is 7.80. The number of pyridine rings is 2. The minimum absolute atomic E-state index is 0.132. The average Bonchev–Trinajstić information content (AvgIpc) is 3.18. The number of rotatable bonds is 6. The quantitative estimate of drug-likeness (QED) is 0.652. The van der Waals surface area contributed by atoms with Crippen LogP contribution in [0.25, 0.3) is 11.3 Å². The second kappa shape index (κ2) is 8.53. The van der Waals surface area contributed by atoms with Crippen LogP contribution in [0, 0.1) is 0 Å². The van der Waals surface area contributed by atoms with Crippen molar-refractivity contribution >= 4 is 11.6 Å². The van der Waals surface area contributed by atoms with Gasteiger partial charge in [-0.1, -0.05) is 6.92 Å². The third kappa shape index (κ3) is 4.51. The topological polar surface area (TPSA) is 75.9 Å². The highest BCUT2D eigenvalue weighted by molar-refractivity contribution is 5.97. The molecule has 0 saturated carbocycles. The van der Waals surface area contributed by atoms with Gasteiger partial charge in [-0.05, 0) is 30.3 Å². The first-order valence-electron chi connectivity index (χ1n) is 10.1. The highest BCUT2D eigenvalue weighted by atomic mass is 16.1. The zero-order valence-electron chi connectivity index (χ0n) is 16.9. The molecule has 1 fully saturated rings. The average molecular weight is 390 g/mol. The predicted octanol–water partition coefficient (Wildman–Crippen LogP) is 2.47. The Morgan fingerprint density at radius 2 is 1.97 bits per heavy atom. The van der Waals surface area contributed by atoms with E-state index in [1.54, 1.807) is 10.9 Å². The SMILES string of the molecule is CCC(=O)c1cc(-c2ccnc(Cc3ccn(C)n3)c2)nc(N2CCNCC2)c1. The molecule has 1 N–H and O–H groups in total. The molecular weight excluding hydrogens is 364 g/mol. The van der Waals surface area contributed by atoms with Crippen LogP contribution in [0.1, 0.15) is 35.1 Å². The van der Waals surface area contributed by atoms with Gasteiger partial charge in [0.05, 0.1) is 11.4 Å². The van der Waals surface area contributed by atoms with Gasteiger partial charge < -0.3 is 10.2 Å². The number of nitrogens with zero attached hydrogens (tertiary/aromatic N) is 5. The maximum absolute atomic E-state index is 12.5. The number of carbonyl (C=O) groups is 1. The summed E-state index contributed by atoms with van der Waals surface area (Å²) in [7, 11) is 1.91. The molecule has 7 nitrogen and oxygen atoms in total. The van der Waals surface area contributed by atoms with Crippen molar-refractivity contribution in [3.63, 3.8) is 0 Å². The lowest BCUT2D eigenvalue weighted by Crippen LogP contribution is -2.44. The van der Waals surface area contributed by atoms with Gasteiger partial charge in [0.25, 0.3) is 0 Å². The highest BCUT2D eigenvalue weighted by Crippen LogP contribution is 2.25. The van der Waals surface area contributed by atoms with Gasteiger partial charge in [0.15, 0.2) is 5.78 Å². The van der Waals surface area contributed by atoms with Crippen molar-refractivity contribution in [3.8, 4) is 11.3 Å². The number of hydrogen-bond acceptors (Lipinski definition) is 6. The van der Waals surface area contributed by atoms with Crippen LogP contribution in [0.2, 0.25) is 0 Å². The third-order valence-corrected chi connectivity index (χ3v) is 5.14. The molecule has 1 aliphatic rings. The first-order chi connectivity index (χ1) is 14.1. The molecule has 4 rings (SSSR count). The molecule has 0 aliphatic carbocycles. The van der Waals surface area contributed by atoms with E-state index in [2.05, 4.69) is 20.3 Å². The number of hydrogen-bond donors (Lipinski definition) is 1. The zero-order chi connectivity index (χ0) is 20.2. The normalized spacial score (nSPS) is 14.2. The van der Waals surface area contributed by atoms with E-state index in [0.29, 0.717) is 18.4 Å². The number of anilines is 1. The molecule has 7 heteroatoms. The Bertz CT molecular complexity index is 1010. The summed E-state index contributed by atoms with van der Waals surface area (Å²) in [6.45, 7) is 5.51. The van der Waals surface area contributed by atoms with Crippen molar-refractivity contribution < 1.29 is 4.79 Å². The van der Waals surface area contributed by atoms with E-state index in [-0.39, 0.29) is 5.78 Å². The first-order valence-corrected chi connectivity index (χ1v) is 10.1. The second-order valence-corrected chi connectivity index (χ2v) is 7.31. The van der Waals surface area contributed by atoms with E-state index in [1.807, 2.05) is 50.5 Å². The molecule has 4 heterocycles. The van der Waals surface area contributed by atoms with E-state index >= 15 is 0 Å². The van der Waals surface area contributed by atoms with Crippen LogP contribution < -0.4 is 10.2 Å². The standard InChI is InChI=1S/C22H26N6O/c1-3-21(29)17-13-20(25-22(14-17)28-10-7-23-8-11-28)16-4-6-24-19(12-16)15-18-5-9-27(2)26-18/h4-6,9,12-14,23H,3,7-8,10-11,15H2,1-2H3. The van der Waals surface area contributed by atoms with Crippen LogP contribution in [-0.4, -0.2) is 51.7 Å². The Balaban J connectivity index is 1.69. The largest absolute Gasteiger partial charge is 0.354 e. The maximum atomic E-state index is 12.5. The molecule has 0 unspecified atom stereocenters. The van der Waals surface area contributed by atoms with Crippen LogP contribution in [0.3, 0.4) is 0 Å².